The summed E-state index contributed by atoms with van der Waals surface area (Å²) in [5.41, 5.74) is 0.625. The number of hydrogen-bond donors (Lipinski definition) is 3. The maximum absolute atomic E-state index is 13.1. The first-order valence-electron chi connectivity index (χ1n) is 11.0. The van der Waals surface area contributed by atoms with E-state index < -0.39 is 21.8 Å². The van der Waals surface area contributed by atoms with Gasteiger partial charge in [-0.05, 0) is 54.3 Å². The molecule has 9 nitrogen and oxygen atoms in total. The van der Waals surface area contributed by atoms with E-state index >= 15 is 0 Å². The molecule has 190 valence electrons. The van der Waals surface area contributed by atoms with Gasteiger partial charge in [0.2, 0.25) is 0 Å². The number of methoxy groups -OCH3 is 1. The summed E-state index contributed by atoms with van der Waals surface area (Å²) >= 11 is 6.28. The Kier molecular flexibility index (Phi) is 7.44. The third-order valence-corrected chi connectivity index (χ3v) is 6.90. The van der Waals surface area contributed by atoms with Gasteiger partial charge in [-0.1, -0.05) is 42.8 Å². The highest BCUT2D eigenvalue weighted by atomic mass is 35.5. The molecule has 0 bridgehead atoms. The number of ether oxygens (including phenoxy) is 1. The van der Waals surface area contributed by atoms with Crippen LogP contribution in [0, 0.1) is 0 Å². The Labute approximate surface area is 218 Å². The molecule has 4 rings (SSSR count). The van der Waals surface area contributed by atoms with Crippen molar-refractivity contribution in [2.75, 3.05) is 12.4 Å². The molecule has 0 unspecified atom stereocenters. The molecule has 0 atom stereocenters. The van der Waals surface area contributed by atoms with Gasteiger partial charge in [-0.2, -0.15) is 8.42 Å². The van der Waals surface area contributed by atoms with Crippen molar-refractivity contribution in [1.29, 1.82) is 0 Å². The molecule has 11 heteroatoms. The molecular formula is C26H22ClN3O6S. The molecule has 1 amide bonds. The van der Waals surface area contributed by atoms with Crippen LogP contribution in [0.5, 0.6) is 11.5 Å². The molecular weight excluding hydrogens is 518 g/mol. The zero-order valence-corrected chi connectivity index (χ0v) is 21.3. The van der Waals surface area contributed by atoms with Gasteiger partial charge < -0.3 is 15.2 Å². The lowest BCUT2D eigenvalue weighted by atomic mass is 10.0. The standard InChI is InChI=1S/C26H22ClN3O6S/c1-3-18-22(37(33,34)35)13-12-21(27)23(18)29-30-24-19-7-5-4-6-15(19)14-20(25(24)31)26(32)28-16-8-10-17(36-2)11-9-16/h4-14,31H,3H2,1-2H3,(H,28,32)(H,33,34,35). The fourth-order valence-electron chi connectivity index (χ4n) is 3.85. The predicted octanol–water partition coefficient (Wildman–Crippen LogP) is 6.68. The van der Waals surface area contributed by atoms with Gasteiger partial charge in [-0.15, -0.1) is 10.2 Å². The monoisotopic (exact) mass is 539 g/mol. The molecule has 3 N–H and O–H groups in total. The second kappa shape index (κ2) is 10.6. The number of amides is 1. The summed E-state index contributed by atoms with van der Waals surface area (Å²) in [5, 5.41) is 23.4. The number of nitrogens with one attached hydrogen (secondary N) is 1. The number of phenols is 1. The third-order valence-electron chi connectivity index (χ3n) is 5.66. The van der Waals surface area contributed by atoms with Crippen LogP contribution in [0.1, 0.15) is 22.8 Å². The fraction of sp³-hybridized carbons (Fsp3) is 0.115. The summed E-state index contributed by atoms with van der Waals surface area (Å²) in [6, 6.07) is 17.7. The van der Waals surface area contributed by atoms with Gasteiger partial charge in [-0.25, -0.2) is 0 Å². The lowest BCUT2D eigenvalue weighted by Crippen LogP contribution is -2.12. The van der Waals surface area contributed by atoms with Crippen LogP contribution in [0.2, 0.25) is 5.02 Å². The highest BCUT2D eigenvalue weighted by Gasteiger charge is 2.21. The van der Waals surface area contributed by atoms with E-state index in [-0.39, 0.29) is 38.8 Å². The van der Waals surface area contributed by atoms with Gasteiger partial charge in [0.1, 0.15) is 17.1 Å². The lowest BCUT2D eigenvalue weighted by molar-refractivity contribution is 0.102. The summed E-state index contributed by atoms with van der Waals surface area (Å²) < 4.78 is 38.4. The number of carbonyl (C=O) groups is 1. The average Bonchev–Trinajstić information content (AvgIpc) is 2.88. The number of halogens is 1. The SMILES string of the molecule is CCc1c(S(=O)(=O)O)ccc(Cl)c1N=Nc1c(O)c(C(=O)Nc2ccc(OC)cc2)cc2ccccc12. The van der Waals surface area contributed by atoms with Crippen LogP contribution in [-0.4, -0.2) is 31.1 Å². The molecule has 0 spiro atoms. The lowest BCUT2D eigenvalue weighted by Gasteiger charge is -2.12. The number of benzene rings is 4. The Morgan fingerprint density at radius 2 is 1.70 bits per heavy atom. The first-order chi connectivity index (χ1) is 17.6. The van der Waals surface area contributed by atoms with Crippen LogP contribution in [0.3, 0.4) is 0 Å². The Morgan fingerprint density at radius 1 is 1.03 bits per heavy atom. The highest BCUT2D eigenvalue weighted by Crippen LogP contribution is 2.41. The minimum absolute atomic E-state index is 0.00615. The molecule has 0 radical (unpaired) electrons. The molecule has 0 fully saturated rings. The van der Waals surface area contributed by atoms with Crippen molar-refractivity contribution in [1.82, 2.24) is 0 Å². The zero-order valence-electron chi connectivity index (χ0n) is 19.8. The number of anilines is 1. The molecule has 0 aliphatic carbocycles. The second-order valence-corrected chi connectivity index (χ2v) is 9.72. The molecule has 0 aliphatic rings. The summed E-state index contributed by atoms with van der Waals surface area (Å²) in [4.78, 5) is 12.7. The average molecular weight is 540 g/mol. The van der Waals surface area contributed by atoms with Crippen LogP contribution >= 0.6 is 11.6 Å². The van der Waals surface area contributed by atoms with Crippen LogP contribution in [-0.2, 0) is 16.5 Å². The molecule has 37 heavy (non-hydrogen) atoms. The summed E-state index contributed by atoms with van der Waals surface area (Å²) in [5.74, 6) is -0.378. The van der Waals surface area contributed by atoms with E-state index in [9.17, 15) is 22.9 Å². The van der Waals surface area contributed by atoms with Crippen molar-refractivity contribution in [3.63, 3.8) is 0 Å². The van der Waals surface area contributed by atoms with Gasteiger partial charge >= 0.3 is 0 Å². The van der Waals surface area contributed by atoms with Gasteiger partial charge in [0.05, 0.1) is 22.6 Å². The number of carbonyl (C=O) groups excluding carboxylic acids is 1. The number of fused-ring (bicyclic) bond motifs is 1. The Morgan fingerprint density at radius 3 is 2.35 bits per heavy atom. The van der Waals surface area contributed by atoms with E-state index in [2.05, 4.69) is 15.5 Å². The van der Waals surface area contributed by atoms with Crippen LogP contribution in [0.25, 0.3) is 10.8 Å². The minimum atomic E-state index is -4.53. The van der Waals surface area contributed by atoms with E-state index in [0.29, 0.717) is 22.2 Å². The van der Waals surface area contributed by atoms with Crippen molar-refractivity contribution in [3.05, 3.63) is 82.9 Å². The predicted molar refractivity (Wildman–Crippen MR) is 141 cm³/mol. The van der Waals surface area contributed by atoms with E-state index in [0.717, 1.165) is 0 Å². The van der Waals surface area contributed by atoms with Crippen LogP contribution < -0.4 is 10.1 Å². The van der Waals surface area contributed by atoms with E-state index in [4.69, 9.17) is 16.3 Å². The van der Waals surface area contributed by atoms with Gasteiger partial charge in [-0.3, -0.25) is 9.35 Å². The van der Waals surface area contributed by atoms with Crippen molar-refractivity contribution < 1.29 is 27.6 Å². The van der Waals surface area contributed by atoms with Gasteiger partial charge in [0.25, 0.3) is 16.0 Å². The normalized spacial score (nSPS) is 11.7. The molecule has 0 heterocycles. The minimum Gasteiger partial charge on any atom is -0.505 e. The van der Waals surface area contributed by atoms with Gasteiger partial charge in [0.15, 0.2) is 5.75 Å². The quantitative estimate of drug-likeness (QED) is 0.177. The van der Waals surface area contributed by atoms with Gasteiger partial charge in [0, 0.05) is 16.6 Å². The van der Waals surface area contributed by atoms with Crippen molar-refractivity contribution in [2.24, 2.45) is 10.2 Å². The first-order valence-corrected chi connectivity index (χ1v) is 12.9. The Hall–Kier alpha value is -3.99. The maximum Gasteiger partial charge on any atom is 0.294 e. The van der Waals surface area contributed by atoms with E-state index in [1.165, 1.54) is 25.3 Å². The molecule has 0 saturated carbocycles. The summed E-state index contributed by atoms with van der Waals surface area (Å²) in [7, 11) is -3.00. The molecule has 0 saturated heterocycles. The Balaban J connectivity index is 1.82. The molecule has 4 aromatic rings. The highest BCUT2D eigenvalue weighted by molar-refractivity contribution is 7.85. The summed E-state index contributed by atoms with van der Waals surface area (Å²) in [6.45, 7) is 1.68. The number of rotatable bonds is 7. The fourth-order valence-corrected chi connectivity index (χ4v) is 4.85. The van der Waals surface area contributed by atoms with Crippen LogP contribution in [0.15, 0.2) is 81.9 Å². The topological polar surface area (TPSA) is 138 Å². The molecule has 0 aliphatic heterocycles. The summed E-state index contributed by atoms with van der Waals surface area (Å²) in [6.07, 6.45) is 0.182. The number of nitrogens with zero attached hydrogens (tertiary/aromatic N) is 2. The van der Waals surface area contributed by atoms with Crippen molar-refractivity contribution >= 4 is 55.5 Å². The first kappa shape index (κ1) is 26.1. The smallest absolute Gasteiger partial charge is 0.294 e. The van der Waals surface area contributed by atoms with E-state index in [1.54, 1.807) is 55.5 Å². The molecule has 0 aromatic heterocycles. The molecule has 4 aromatic carbocycles. The van der Waals surface area contributed by atoms with Crippen molar-refractivity contribution in [3.8, 4) is 11.5 Å². The maximum atomic E-state index is 13.1. The number of aromatic hydroxyl groups is 1. The number of phenolic OH excluding ortho intramolecular Hbond substituents is 1. The second-order valence-electron chi connectivity index (χ2n) is 7.93. The third kappa shape index (κ3) is 5.41. The van der Waals surface area contributed by atoms with E-state index in [1.807, 2.05) is 0 Å². The Bertz CT molecular complexity index is 1640. The number of hydrogen-bond acceptors (Lipinski definition) is 7. The number of azo groups is 1. The van der Waals surface area contributed by atoms with Crippen molar-refractivity contribution in [2.45, 2.75) is 18.2 Å². The zero-order chi connectivity index (χ0) is 26.7. The largest absolute Gasteiger partial charge is 0.505 e. The van der Waals surface area contributed by atoms with Crippen LogP contribution in [0.4, 0.5) is 17.1 Å².